The van der Waals surface area contributed by atoms with Crippen molar-refractivity contribution in [2.45, 2.75) is 32.7 Å². The van der Waals surface area contributed by atoms with Crippen LogP contribution < -0.4 is 9.47 Å². The number of unbranched alkanes of at least 4 members (excludes halogenated alkanes) is 1. The van der Waals surface area contributed by atoms with Crippen LogP contribution in [0.4, 0.5) is 0 Å². The molecule has 1 aliphatic rings. The minimum Gasteiger partial charge on any atom is -0.507 e. The van der Waals surface area contributed by atoms with Crippen molar-refractivity contribution in [3.63, 3.8) is 0 Å². The molecule has 0 spiro atoms. The molecule has 1 atom stereocenters. The van der Waals surface area contributed by atoms with E-state index in [1.807, 2.05) is 38.1 Å². The SMILES string of the molecule is CCCCN1C(=O)C(=O)/C(=C(\O)c2ccc(OC)c(Br)c2)C1c1ccc(OCC)cc1. The number of nitrogens with zero attached hydrogens (tertiary/aromatic N) is 1. The van der Waals surface area contributed by atoms with Crippen molar-refractivity contribution in [2.75, 3.05) is 20.3 Å². The zero-order chi connectivity index (χ0) is 22.5. The number of aliphatic hydroxyl groups excluding tert-OH is 1. The van der Waals surface area contributed by atoms with Crippen LogP contribution in [0.2, 0.25) is 0 Å². The number of amides is 1. The lowest BCUT2D eigenvalue weighted by atomic mass is 9.95. The van der Waals surface area contributed by atoms with Gasteiger partial charge in [-0.3, -0.25) is 9.59 Å². The van der Waals surface area contributed by atoms with Gasteiger partial charge in [-0.2, -0.15) is 0 Å². The van der Waals surface area contributed by atoms with Gasteiger partial charge < -0.3 is 19.5 Å². The number of carbonyl (C=O) groups is 2. The second-order valence-electron chi connectivity index (χ2n) is 7.20. The zero-order valence-corrected chi connectivity index (χ0v) is 19.4. The van der Waals surface area contributed by atoms with Crippen LogP contribution in [0.5, 0.6) is 11.5 Å². The number of carbonyl (C=O) groups excluding carboxylic acids is 2. The highest BCUT2D eigenvalue weighted by Crippen LogP contribution is 2.40. The van der Waals surface area contributed by atoms with Crippen molar-refractivity contribution in [3.8, 4) is 11.5 Å². The third-order valence-electron chi connectivity index (χ3n) is 5.22. The number of rotatable bonds is 8. The first-order valence-corrected chi connectivity index (χ1v) is 11.1. The number of Topliss-reactive ketones (excluding diaryl/α,β-unsaturated/α-hetero) is 1. The van der Waals surface area contributed by atoms with Gasteiger partial charge in [0, 0.05) is 12.1 Å². The van der Waals surface area contributed by atoms with Crippen molar-refractivity contribution in [1.82, 2.24) is 4.90 Å². The van der Waals surface area contributed by atoms with Crippen LogP contribution in [0.25, 0.3) is 5.76 Å². The number of benzene rings is 2. The minimum absolute atomic E-state index is 0.0855. The molecule has 1 fully saturated rings. The monoisotopic (exact) mass is 487 g/mol. The van der Waals surface area contributed by atoms with E-state index in [-0.39, 0.29) is 11.3 Å². The van der Waals surface area contributed by atoms with Gasteiger partial charge >= 0.3 is 0 Å². The fraction of sp³-hybridized carbons (Fsp3) is 0.333. The topological polar surface area (TPSA) is 76.1 Å². The Balaban J connectivity index is 2.12. The second-order valence-corrected chi connectivity index (χ2v) is 8.05. The molecule has 1 N–H and O–H groups in total. The smallest absolute Gasteiger partial charge is 0.295 e. The Hall–Kier alpha value is -2.80. The van der Waals surface area contributed by atoms with Crippen molar-refractivity contribution < 1.29 is 24.2 Å². The van der Waals surface area contributed by atoms with Crippen molar-refractivity contribution in [1.29, 1.82) is 0 Å². The normalized spacial score (nSPS) is 17.8. The third-order valence-corrected chi connectivity index (χ3v) is 5.84. The molecule has 0 bridgehead atoms. The van der Waals surface area contributed by atoms with E-state index in [0.29, 0.717) is 34.7 Å². The molecule has 0 aromatic heterocycles. The van der Waals surface area contributed by atoms with Gasteiger partial charge in [-0.05, 0) is 65.2 Å². The van der Waals surface area contributed by atoms with E-state index in [2.05, 4.69) is 15.9 Å². The highest BCUT2D eigenvalue weighted by molar-refractivity contribution is 9.10. The largest absolute Gasteiger partial charge is 0.507 e. The van der Waals surface area contributed by atoms with Crippen molar-refractivity contribution in [2.24, 2.45) is 0 Å². The number of aliphatic hydroxyl groups is 1. The maximum absolute atomic E-state index is 13.0. The molecule has 2 aromatic rings. The highest BCUT2D eigenvalue weighted by atomic mass is 79.9. The van der Waals surface area contributed by atoms with E-state index < -0.39 is 17.7 Å². The Bertz CT molecular complexity index is 1000. The average molecular weight is 488 g/mol. The molecule has 1 aliphatic heterocycles. The van der Waals surface area contributed by atoms with E-state index in [4.69, 9.17) is 9.47 Å². The molecule has 31 heavy (non-hydrogen) atoms. The van der Waals surface area contributed by atoms with E-state index >= 15 is 0 Å². The predicted molar refractivity (Wildman–Crippen MR) is 122 cm³/mol. The van der Waals surface area contributed by atoms with Crippen LogP contribution in [0.1, 0.15) is 43.9 Å². The van der Waals surface area contributed by atoms with Gasteiger partial charge in [0.05, 0.1) is 29.8 Å². The summed E-state index contributed by atoms with van der Waals surface area (Å²) in [4.78, 5) is 27.4. The first-order valence-electron chi connectivity index (χ1n) is 10.3. The van der Waals surface area contributed by atoms with Crippen LogP contribution in [0.15, 0.2) is 52.5 Å². The molecular formula is C24H26BrNO5. The molecule has 1 saturated heterocycles. The Labute approximate surface area is 190 Å². The van der Waals surface area contributed by atoms with Crippen LogP contribution in [0, 0.1) is 0 Å². The summed E-state index contributed by atoms with van der Waals surface area (Å²) in [7, 11) is 1.55. The van der Waals surface area contributed by atoms with Gasteiger partial charge in [-0.15, -0.1) is 0 Å². The van der Waals surface area contributed by atoms with E-state index in [9.17, 15) is 14.7 Å². The summed E-state index contributed by atoms with van der Waals surface area (Å²) in [6, 6.07) is 11.6. The van der Waals surface area contributed by atoms with Crippen LogP contribution in [-0.4, -0.2) is 42.0 Å². The van der Waals surface area contributed by atoms with Crippen LogP contribution in [-0.2, 0) is 9.59 Å². The summed E-state index contributed by atoms with van der Waals surface area (Å²) in [5.74, 6) is -0.181. The molecule has 164 valence electrons. The fourth-order valence-electron chi connectivity index (χ4n) is 3.67. The summed E-state index contributed by atoms with van der Waals surface area (Å²) < 4.78 is 11.4. The molecule has 7 heteroatoms. The Morgan fingerprint density at radius 1 is 1.13 bits per heavy atom. The van der Waals surface area contributed by atoms with Crippen molar-refractivity contribution >= 4 is 33.4 Å². The molecule has 0 saturated carbocycles. The number of hydrogen-bond acceptors (Lipinski definition) is 5. The maximum atomic E-state index is 13.0. The Morgan fingerprint density at radius 3 is 2.42 bits per heavy atom. The number of halogens is 1. The van der Waals surface area contributed by atoms with E-state index in [0.717, 1.165) is 18.4 Å². The Morgan fingerprint density at radius 2 is 1.84 bits per heavy atom. The van der Waals surface area contributed by atoms with E-state index in [1.54, 1.807) is 30.2 Å². The minimum atomic E-state index is -0.681. The molecule has 6 nitrogen and oxygen atoms in total. The van der Waals surface area contributed by atoms with Gasteiger partial charge in [-0.1, -0.05) is 25.5 Å². The summed E-state index contributed by atoms with van der Waals surface area (Å²) in [6.45, 7) is 4.90. The van der Waals surface area contributed by atoms with Gasteiger partial charge in [0.1, 0.15) is 17.3 Å². The van der Waals surface area contributed by atoms with Crippen LogP contribution in [0.3, 0.4) is 0 Å². The van der Waals surface area contributed by atoms with Crippen LogP contribution >= 0.6 is 15.9 Å². The quantitative estimate of drug-likeness (QED) is 0.319. The molecule has 0 radical (unpaired) electrons. The lowest BCUT2D eigenvalue weighted by Gasteiger charge is -2.25. The van der Waals surface area contributed by atoms with Gasteiger partial charge in [0.25, 0.3) is 11.7 Å². The summed E-state index contributed by atoms with van der Waals surface area (Å²) >= 11 is 3.41. The van der Waals surface area contributed by atoms with Crippen molar-refractivity contribution in [3.05, 3.63) is 63.6 Å². The molecular weight excluding hydrogens is 462 g/mol. The predicted octanol–water partition coefficient (Wildman–Crippen LogP) is 5.08. The molecule has 0 aliphatic carbocycles. The summed E-state index contributed by atoms with van der Waals surface area (Å²) in [6.07, 6.45) is 1.64. The number of ether oxygens (including phenoxy) is 2. The third kappa shape index (κ3) is 4.61. The van der Waals surface area contributed by atoms with Gasteiger partial charge in [-0.25, -0.2) is 0 Å². The van der Waals surface area contributed by atoms with E-state index in [1.165, 1.54) is 0 Å². The lowest BCUT2D eigenvalue weighted by Crippen LogP contribution is -2.30. The average Bonchev–Trinajstić information content (AvgIpc) is 3.02. The summed E-state index contributed by atoms with van der Waals surface area (Å²) in [5.41, 5.74) is 1.26. The molecule has 1 amide bonds. The number of ketones is 1. The maximum Gasteiger partial charge on any atom is 0.295 e. The number of hydrogen-bond donors (Lipinski definition) is 1. The molecule has 2 aromatic carbocycles. The summed E-state index contributed by atoms with van der Waals surface area (Å²) in [5, 5.41) is 11.1. The number of likely N-dealkylation sites (tertiary alicyclic amines) is 1. The fourth-order valence-corrected chi connectivity index (χ4v) is 4.21. The first-order chi connectivity index (χ1) is 14.9. The lowest BCUT2D eigenvalue weighted by molar-refractivity contribution is -0.139. The molecule has 1 heterocycles. The number of methoxy groups -OCH3 is 1. The molecule has 3 rings (SSSR count). The first kappa shape index (κ1) is 22.9. The highest BCUT2D eigenvalue weighted by Gasteiger charge is 2.45. The Kier molecular flexibility index (Phi) is 7.38. The zero-order valence-electron chi connectivity index (χ0n) is 17.9. The van der Waals surface area contributed by atoms with Gasteiger partial charge in [0.2, 0.25) is 0 Å². The van der Waals surface area contributed by atoms with Gasteiger partial charge in [0.15, 0.2) is 0 Å². The molecule has 1 unspecified atom stereocenters. The standard InChI is InChI=1S/C24H26BrNO5/c1-4-6-13-26-21(15-7-10-17(11-8-15)31-5-2)20(23(28)24(26)29)22(27)16-9-12-19(30-3)18(25)14-16/h7-12,14,21,27H,4-6,13H2,1-3H3/b22-20-. The second kappa shape index (κ2) is 10.0.